The predicted molar refractivity (Wildman–Crippen MR) is 73.4 cm³/mol. The van der Waals surface area contributed by atoms with Crippen molar-refractivity contribution >= 4 is 5.91 Å². The molecule has 0 saturated carbocycles. The van der Waals surface area contributed by atoms with Crippen LogP contribution in [0.5, 0.6) is 5.75 Å². The van der Waals surface area contributed by atoms with Gasteiger partial charge < -0.3 is 15.0 Å². The summed E-state index contributed by atoms with van der Waals surface area (Å²) in [6, 6.07) is 8.25. The third-order valence-electron chi connectivity index (χ3n) is 3.80. The van der Waals surface area contributed by atoms with E-state index in [9.17, 15) is 4.79 Å². The molecule has 4 nitrogen and oxygen atoms in total. The molecule has 2 fully saturated rings. The summed E-state index contributed by atoms with van der Waals surface area (Å²) in [6.45, 7) is 5.84. The van der Waals surface area contributed by atoms with Gasteiger partial charge in [-0.2, -0.15) is 0 Å². The first kappa shape index (κ1) is 12.5. The van der Waals surface area contributed by atoms with E-state index in [2.05, 4.69) is 5.32 Å². The third-order valence-corrected chi connectivity index (χ3v) is 3.80. The minimum atomic E-state index is 0.152. The molecule has 2 atom stereocenters. The Kier molecular flexibility index (Phi) is 3.19. The van der Waals surface area contributed by atoms with E-state index < -0.39 is 0 Å². The van der Waals surface area contributed by atoms with Crippen molar-refractivity contribution in [3.05, 3.63) is 29.8 Å². The molecule has 2 aliphatic heterocycles. The first-order valence-electron chi connectivity index (χ1n) is 6.95. The molecule has 2 heterocycles. The molecule has 2 saturated heterocycles. The molecule has 4 heteroatoms. The average molecular weight is 260 g/mol. The highest BCUT2D eigenvalue weighted by Gasteiger charge is 2.44. The average Bonchev–Trinajstić information content (AvgIpc) is 2.39. The van der Waals surface area contributed by atoms with Crippen molar-refractivity contribution in [3.8, 4) is 5.75 Å². The highest BCUT2D eigenvalue weighted by atomic mass is 16.5. The van der Waals surface area contributed by atoms with Crippen LogP contribution in [0.25, 0.3) is 0 Å². The summed E-state index contributed by atoms with van der Waals surface area (Å²) in [5, 5.41) is 3.34. The van der Waals surface area contributed by atoms with Gasteiger partial charge in [-0.05, 0) is 44.5 Å². The summed E-state index contributed by atoms with van der Waals surface area (Å²) in [4.78, 5) is 14.5. The molecule has 102 valence electrons. The number of piperazine rings is 1. The number of nitrogens with zero attached hydrogens (tertiary/aromatic N) is 1. The number of nitrogens with one attached hydrogen (secondary N) is 1. The summed E-state index contributed by atoms with van der Waals surface area (Å²) in [7, 11) is 0. The number of fused-ring (bicyclic) bond motifs is 2. The Morgan fingerprint density at radius 3 is 2.42 bits per heavy atom. The number of hydrogen-bond acceptors (Lipinski definition) is 3. The van der Waals surface area contributed by atoms with Gasteiger partial charge in [-0.1, -0.05) is 0 Å². The van der Waals surface area contributed by atoms with Gasteiger partial charge in [-0.25, -0.2) is 0 Å². The number of carbonyl (C=O) groups is 1. The van der Waals surface area contributed by atoms with Crippen LogP contribution in [-0.4, -0.2) is 42.1 Å². The van der Waals surface area contributed by atoms with Crippen LogP contribution >= 0.6 is 0 Å². The Bertz CT molecular complexity index is 456. The summed E-state index contributed by atoms with van der Waals surface area (Å²) in [5.41, 5.74) is 0.757. The normalized spacial score (nSPS) is 25.1. The maximum atomic E-state index is 12.4. The van der Waals surface area contributed by atoms with Crippen molar-refractivity contribution in [2.75, 3.05) is 13.1 Å². The zero-order chi connectivity index (χ0) is 13.4. The Morgan fingerprint density at radius 1 is 1.26 bits per heavy atom. The smallest absolute Gasteiger partial charge is 0.254 e. The second-order valence-electron chi connectivity index (χ2n) is 5.61. The Labute approximate surface area is 113 Å². The van der Waals surface area contributed by atoms with Crippen LogP contribution in [0.1, 0.15) is 30.6 Å². The zero-order valence-corrected chi connectivity index (χ0v) is 11.4. The number of piperidine rings is 1. The molecule has 1 aromatic rings. The molecule has 1 N–H and O–H groups in total. The minimum Gasteiger partial charge on any atom is -0.491 e. The maximum absolute atomic E-state index is 12.4. The lowest BCUT2D eigenvalue weighted by atomic mass is 9.88. The summed E-state index contributed by atoms with van der Waals surface area (Å²) in [6.07, 6.45) is 1.30. The lowest BCUT2D eigenvalue weighted by Gasteiger charge is -2.53. The molecule has 3 rings (SSSR count). The van der Waals surface area contributed by atoms with Crippen molar-refractivity contribution < 1.29 is 9.53 Å². The molecule has 0 radical (unpaired) electrons. The van der Waals surface area contributed by atoms with Gasteiger partial charge in [-0.15, -0.1) is 0 Å². The fourth-order valence-electron chi connectivity index (χ4n) is 2.91. The topological polar surface area (TPSA) is 41.6 Å². The van der Waals surface area contributed by atoms with Gasteiger partial charge in [0.05, 0.1) is 6.10 Å². The van der Waals surface area contributed by atoms with Crippen LogP contribution in [0.15, 0.2) is 24.3 Å². The number of rotatable bonds is 3. The van der Waals surface area contributed by atoms with Gasteiger partial charge in [0.25, 0.3) is 5.91 Å². The van der Waals surface area contributed by atoms with Crippen LogP contribution in [0.2, 0.25) is 0 Å². The fourth-order valence-corrected chi connectivity index (χ4v) is 2.91. The van der Waals surface area contributed by atoms with Gasteiger partial charge in [0, 0.05) is 30.7 Å². The van der Waals surface area contributed by atoms with E-state index >= 15 is 0 Å². The van der Waals surface area contributed by atoms with Crippen LogP contribution in [0.4, 0.5) is 0 Å². The van der Waals surface area contributed by atoms with Gasteiger partial charge in [0.15, 0.2) is 0 Å². The van der Waals surface area contributed by atoms with Crippen molar-refractivity contribution in [2.24, 2.45) is 0 Å². The van der Waals surface area contributed by atoms with Gasteiger partial charge >= 0.3 is 0 Å². The maximum Gasteiger partial charge on any atom is 0.254 e. The summed E-state index contributed by atoms with van der Waals surface area (Å²) >= 11 is 0. The highest BCUT2D eigenvalue weighted by molar-refractivity contribution is 5.95. The summed E-state index contributed by atoms with van der Waals surface area (Å²) < 4.78 is 5.59. The molecule has 0 aromatic heterocycles. The molecular weight excluding hydrogens is 240 g/mol. The Balaban J connectivity index is 1.70. The first-order valence-corrected chi connectivity index (χ1v) is 6.95. The molecular formula is C15H20N2O2. The predicted octanol–water partition coefficient (Wildman–Crippen LogP) is 1.66. The molecule has 0 aliphatic carbocycles. The largest absolute Gasteiger partial charge is 0.491 e. The van der Waals surface area contributed by atoms with E-state index in [4.69, 9.17) is 4.74 Å². The van der Waals surface area contributed by atoms with Crippen LogP contribution in [-0.2, 0) is 0 Å². The lowest BCUT2D eigenvalue weighted by molar-refractivity contribution is -0.00217. The molecule has 1 aromatic carbocycles. The van der Waals surface area contributed by atoms with Gasteiger partial charge in [-0.3, -0.25) is 4.79 Å². The number of ether oxygens (including phenoxy) is 1. The molecule has 1 amide bonds. The zero-order valence-electron chi connectivity index (χ0n) is 11.4. The van der Waals surface area contributed by atoms with E-state index in [-0.39, 0.29) is 12.0 Å². The molecule has 0 spiro atoms. The standard InChI is InChI=1S/C15H20N2O2/c1-10(2)19-14-5-3-11(4-6-14)15(18)17-12-7-13(17)9-16-8-12/h3-6,10,12-13,16H,7-9H2,1-2H3. The SMILES string of the molecule is CC(C)Oc1ccc(C(=O)N2C3CNCC2C3)cc1. The lowest BCUT2D eigenvalue weighted by Crippen LogP contribution is -2.69. The van der Waals surface area contributed by atoms with Gasteiger partial charge in [0.2, 0.25) is 0 Å². The van der Waals surface area contributed by atoms with E-state index in [1.807, 2.05) is 43.0 Å². The Hall–Kier alpha value is -1.55. The summed E-state index contributed by atoms with van der Waals surface area (Å²) in [5.74, 6) is 0.968. The van der Waals surface area contributed by atoms with E-state index in [0.29, 0.717) is 12.1 Å². The molecule has 2 aliphatic rings. The number of amides is 1. The number of benzene rings is 1. The monoisotopic (exact) mass is 260 g/mol. The second-order valence-corrected chi connectivity index (χ2v) is 5.61. The van der Waals surface area contributed by atoms with Crippen molar-refractivity contribution in [3.63, 3.8) is 0 Å². The minimum absolute atomic E-state index is 0.152. The first-order chi connectivity index (χ1) is 9.15. The van der Waals surface area contributed by atoms with E-state index in [1.54, 1.807) is 0 Å². The van der Waals surface area contributed by atoms with E-state index in [0.717, 1.165) is 30.8 Å². The number of hydrogen-bond donors (Lipinski definition) is 1. The molecule has 2 unspecified atom stereocenters. The van der Waals surface area contributed by atoms with Crippen LogP contribution in [0, 0.1) is 0 Å². The molecule has 2 bridgehead atoms. The van der Waals surface area contributed by atoms with Crippen molar-refractivity contribution in [1.29, 1.82) is 0 Å². The van der Waals surface area contributed by atoms with Gasteiger partial charge in [0.1, 0.15) is 5.75 Å². The van der Waals surface area contributed by atoms with Crippen molar-refractivity contribution in [2.45, 2.75) is 38.5 Å². The molecule has 19 heavy (non-hydrogen) atoms. The fraction of sp³-hybridized carbons (Fsp3) is 0.533. The number of carbonyl (C=O) groups excluding carboxylic acids is 1. The second kappa shape index (κ2) is 4.85. The van der Waals surface area contributed by atoms with Crippen LogP contribution in [0.3, 0.4) is 0 Å². The Morgan fingerprint density at radius 2 is 1.89 bits per heavy atom. The quantitative estimate of drug-likeness (QED) is 0.898. The third kappa shape index (κ3) is 2.32. The van der Waals surface area contributed by atoms with E-state index in [1.165, 1.54) is 0 Å². The van der Waals surface area contributed by atoms with Crippen molar-refractivity contribution in [1.82, 2.24) is 10.2 Å². The highest BCUT2D eigenvalue weighted by Crippen LogP contribution is 2.30. The van der Waals surface area contributed by atoms with Crippen LogP contribution < -0.4 is 10.1 Å².